The van der Waals surface area contributed by atoms with E-state index < -0.39 is 36.4 Å². The fourth-order valence-corrected chi connectivity index (χ4v) is 4.02. The van der Waals surface area contributed by atoms with Gasteiger partial charge in [0, 0.05) is 64.3 Å². The summed E-state index contributed by atoms with van der Waals surface area (Å²) in [5.41, 5.74) is 4.38. The Hall–Kier alpha value is -3.93. The molecular weight excluding hydrogens is 536 g/mol. The summed E-state index contributed by atoms with van der Waals surface area (Å²) >= 11 is 0. The predicted octanol–water partition coefficient (Wildman–Crippen LogP) is 4.23. The lowest BCUT2D eigenvalue weighted by Crippen LogP contribution is -2.42. The predicted molar refractivity (Wildman–Crippen MR) is 149 cm³/mol. The van der Waals surface area contributed by atoms with Crippen LogP contribution < -0.4 is 4.74 Å². The number of benzene rings is 1. The van der Waals surface area contributed by atoms with Crippen molar-refractivity contribution < 1.29 is 48.3 Å². The number of hydrogen-bond donors (Lipinski definition) is 2. The number of rotatable bonds is 8. The minimum absolute atomic E-state index is 0.0721. The second-order valence-electron chi connectivity index (χ2n) is 9.92. The number of aryl methyl sites for hydroxylation is 1. The molecule has 0 amide bonds. The van der Waals surface area contributed by atoms with Gasteiger partial charge >= 0.3 is 11.9 Å². The normalized spacial score (nSPS) is 17.7. The number of ether oxygens (including phenoxy) is 4. The van der Waals surface area contributed by atoms with Crippen LogP contribution >= 0.6 is 0 Å². The van der Waals surface area contributed by atoms with Gasteiger partial charge in [-0.25, -0.2) is 0 Å². The standard InChI is InChI=1S/C25H34N2O6.2C2H4O2/c1-15(2)27-17(4)23(11-20-9-7-16(3)8-10-20)25(26-27)33-24-13-21(31-19(6)29)12-22(32-24)14-30-18(5)28;2*1-2(3)4/h7-10,15,21-22,24H,11-14H2,1-6H3;2*1H3,(H,3,4). The molecule has 3 atom stereocenters. The zero-order valence-electron chi connectivity index (χ0n) is 25.0. The van der Waals surface area contributed by atoms with Crippen LogP contribution in [0.3, 0.4) is 0 Å². The third-order valence-electron chi connectivity index (χ3n) is 5.60. The summed E-state index contributed by atoms with van der Waals surface area (Å²) in [5.74, 6) is -1.93. The van der Waals surface area contributed by atoms with Crippen LogP contribution in [0.5, 0.6) is 5.88 Å². The number of hydrogen-bond acceptors (Lipinski definition) is 9. The van der Waals surface area contributed by atoms with Crippen molar-refractivity contribution in [1.29, 1.82) is 0 Å². The van der Waals surface area contributed by atoms with Crippen molar-refractivity contribution in [2.45, 2.75) is 99.2 Å². The summed E-state index contributed by atoms with van der Waals surface area (Å²) in [4.78, 5) is 40.8. The van der Waals surface area contributed by atoms with Crippen molar-refractivity contribution in [1.82, 2.24) is 9.78 Å². The maximum Gasteiger partial charge on any atom is 0.302 e. The Balaban J connectivity index is 0.000000930. The van der Waals surface area contributed by atoms with E-state index in [-0.39, 0.29) is 18.6 Å². The molecule has 1 aliphatic rings. The number of aromatic nitrogens is 2. The fraction of sp³-hybridized carbons (Fsp3) is 0.552. The van der Waals surface area contributed by atoms with E-state index in [1.807, 2.05) is 11.6 Å². The molecule has 2 aromatic rings. The number of carbonyl (C=O) groups excluding carboxylic acids is 2. The Morgan fingerprint density at radius 3 is 2.02 bits per heavy atom. The lowest BCUT2D eigenvalue weighted by molar-refractivity contribution is -0.202. The zero-order chi connectivity index (χ0) is 31.3. The van der Waals surface area contributed by atoms with Gasteiger partial charge in [-0.3, -0.25) is 23.9 Å². The van der Waals surface area contributed by atoms with E-state index in [1.54, 1.807) is 0 Å². The molecule has 1 aromatic carbocycles. The van der Waals surface area contributed by atoms with Gasteiger partial charge in [0.2, 0.25) is 12.2 Å². The van der Waals surface area contributed by atoms with E-state index in [0.29, 0.717) is 25.1 Å². The van der Waals surface area contributed by atoms with Crippen LogP contribution in [0, 0.1) is 13.8 Å². The molecule has 3 rings (SSSR count). The zero-order valence-corrected chi connectivity index (χ0v) is 25.0. The van der Waals surface area contributed by atoms with Crippen LogP contribution in [0.2, 0.25) is 0 Å². The molecule has 3 unspecified atom stereocenters. The summed E-state index contributed by atoms with van der Waals surface area (Å²) in [7, 11) is 0. The summed E-state index contributed by atoms with van der Waals surface area (Å²) in [5, 5.41) is 19.6. The Morgan fingerprint density at radius 1 is 0.976 bits per heavy atom. The minimum Gasteiger partial charge on any atom is -0.481 e. The van der Waals surface area contributed by atoms with Crippen molar-refractivity contribution in [3.05, 3.63) is 46.6 Å². The van der Waals surface area contributed by atoms with Crippen LogP contribution in [-0.2, 0) is 39.8 Å². The minimum atomic E-state index is -0.833. The lowest BCUT2D eigenvalue weighted by atomic mass is 10.0. The molecule has 41 heavy (non-hydrogen) atoms. The van der Waals surface area contributed by atoms with Crippen LogP contribution in [0.15, 0.2) is 24.3 Å². The molecule has 0 radical (unpaired) electrons. The molecule has 0 aliphatic carbocycles. The highest BCUT2D eigenvalue weighted by atomic mass is 16.7. The first kappa shape index (κ1) is 35.1. The third-order valence-corrected chi connectivity index (χ3v) is 5.60. The Kier molecular flexibility index (Phi) is 14.6. The van der Waals surface area contributed by atoms with Gasteiger partial charge in [0.1, 0.15) is 12.7 Å². The quantitative estimate of drug-likeness (QED) is 0.431. The molecule has 228 valence electrons. The summed E-state index contributed by atoms with van der Waals surface area (Å²) in [6, 6.07) is 8.55. The Bertz CT molecular complexity index is 1140. The Labute approximate surface area is 240 Å². The highest BCUT2D eigenvalue weighted by Gasteiger charge is 2.34. The molecule has 12 nitrogen and oxygen atoms in total. The van der Waals surface area contributed by atoms with Crippen molar-refractivity contribution in [3.8, 4) is 5.88 Å². The van der Waals surface area contributed by atoms with E-state index >= 15 is 0 Å². The van der Waals surface area contributed by atoms with Crippen molar-refractivity contribution >= 4 is 23.9 Å². The molecule has 1 fully saturated rings. The van der Waals surface area contributed by atoms with E-state index in [2.05, 4.69) is 45.0 Å². The molecule has 2 N–H and O–H groups in total. The molecule has 2 heterocycles. The molecule has 1 aliphatic heterocycles. The van der Waals surface area contributed by atoms with Gasteiger partial charge in [-0.15, -0.1) is 5.10 Å². The molecule has 1 saturated heterocycles. The average Bonchev–Trinajstić information content (AvgIpc) is 3.13. The summed E-state index contributed by atoms with van der Waals surface area (Å²) < 4.78 is 24.8. The highest BCUT2D eigenvalue weighted by molar-refractivity contribution is 5.66. The maximum absolute atomic E-state index is 11.5. The molecule has 12 heteroatoms. The maximum atomic E-state index is 11.5. The summed E-state index contributed by atoms with van der Waals surface area (Å²) in [6.45, 7) is 13.2. The number of aliphatic carboxylic acids is 2. The van der Waals surface area contributed by atoms with Crippen LogP contribution in [0.4, 0.5) is 0 Å². The molecular formula is C29H42N2O10. The molecule has 0 spiro atoms. The number of carboxylic acid groups (broad SMARTS) is 2. The van der Waals surface area contributed by atoms with Crippen LogP contribution in [0.25, 0.3) is 0 Å². The number of carbonyl (C=O) groups is 4. The van der Waals surface area contributed by atoms with Crippen molar-refractivity contribution in [2.24, 2.45) is 0 Å². The molecule has 1 aromatic heterocycles. The monoisotopic (exact) mass is 578 g/mol. The highest BCUT2D eigenvalue weighted by Crippen LogP contribution is 2.31. The Morgan fingerprint density at radius 2 is 1.54 bits per heavy atom. The van der Waals surface area contributed by atoms with Gasteiger partial charge in [0.25, 0.3) is 11.9 Å². The molecule has 0 saturated carbocycles. The largest absolute Gasteiger partial charge is 0.481 e. The van der Waals surface area contributed by atoms with Gasteiger partial charge in [-0.05, 0) is 33.3 Å². The number of carboxylic acids is 2. The number of esters is 2. The van der Waals surface area contributed by atoms with Gasteiger partial charge in [-0.1, -0.05) is 29.8 Å². The van der Waals surface area contributed by atoms with Crippen molar-refractivity contribution in [2.75, 3.05) is 6.61 Å². The fourth-order valence-electron chi connectivity index (χ4n) is 4.02. The van der Waals surface area contributed by atoms with E-state index in [4.69, 9.17) is 43.8 Å². The van der Waals surface area contributed by atoms with Crippen molar-refractivity contribution in [3.63, 3.8) is 0 Å². The van der Waals surface area contributed by atoms with Gasteiger partial charge in [0.15, 0.2) is 0 Å². The first-order valence-corrected chi connectivity index (χ1v) is 13.2. The topological polar surface area (TPSA) is 163 Å². The third kappa shape index (κ3) is 13.8. The first-order chi connectivity index (χ1) is 19.1. The van der Waals surface area contributed by atoms with Gasteiger partial charge in [-0.2, -0.15) is 0 Å². The van der Waals surface area contributed by atoms with Crippen LogP contribution in [0.1, 0.15) is 82.8 Å². The van der Waals surface area contributed by atoms with Gasteiger partial charge in [0.05, 0.1) is 6.10 Å². The van der Waals surface area contributed by atoms with E-state index in [0.717, 1.165) is 30.7 Å². The lowest BCUT2D eigenvalue weighted by Gasteiger charge is -2.34. The first-order valence-electron chi connectivity index (χ1n) is 13.2. The second-order valence-corrected chi connectivity index (χ2v) is 9.92. The SMILES string of the molecule is CC(=O)O.CC(=O)O.CC(=O)OCC1CC(OC(C)=O)CC(Oc2nn(C(C)C)c(C)c2Cc2ccc(C)cc2)O1. The van der Waals surface area contributed by atoms with E-state index in [9.17, 15) is 9.59 Å². The number of nitrogens with zero attached hydrogens (tertiary/aromatic N) is 2. The second kappa shape index (κ2) is 17.0. The summed E-state index contributed by atoms with van der Waals surface area (Å²) in [6.07, 6.45) is -0.0434. The van der Waals surface area contributed by atoms with Crippen LogP contribution in [-0.4, -0.2) is 69.0 Å². The van der Waals surface area contributed by atoms with Gasteiger partial charge < -0.3 is 29.2 Å². The average molecular weight is 579 g/mol. The molecule has 0 bridgehead atoms. The van der Waals surface area contributed by atoms with E-state index in [1.165, 1.54) is 19.4 Å². The smallest absolute Gasteiger partial charge is 0.302 e.